The minimum Gasteiger partial charge on any atom is -0.480 e. The molecule has 4 heteroatoms. The highest BCUT2D eigenvalue weighted by Gasteiger charge is 2.23. The number of carboxylic acid groups (broad SMARTS) is 1. The van der Waals surface area contributed by atoms with Crippen LogP contribution < -0.4 is 0 Å². The summed E-state index contributed by atoms with van der Waals surface area (Å²) in [6.45, 7) is 0. The highest BCUT2D eigenvalue weighted by atomic mass is 79.9. The lowest BCUT2D eigenvalue weighted by Gasteiger charge is -2.21. The molecule has 3 nitrogen and oxygen atoms in total. The summed E-state index contributed by atoms with van der Waals surface area (Å²) in [5.41, 5.74) is 0.769. The van der Waals surface area contributed by atoms with Crippen molar-refractivity contribution < 1.29 is 9.90 Å². The van der Waals surface area contributed by atoms with Gasteiger partial charge in [0.1, 0.15) is 6.04 Å². The van der Waals surface area contributed by atoms with E-state index >= 15 is 0 Å². The second kappa shape index (κ2) is 4.57. The van der Waals surface area contributed by atoms with Crippen LogP contribution in [0.2, 0.25) is 0 Å². The standard InChI is InChI=1S/C10H12BrNO2/c1-12(2)9(10(13)14)7-5-3-4-6-8(7)11/h3-6,9H,1-2H3,(H,13,14). The normalized spacial score (nSPS) is 12.9. The van der Waals surface area contributed by atoms with Crippen LogP contribution in [-0.4, -0.2) is 30.1 Å². The van der Waals surface area contributed by atoms with Crippen LogP contribution in [0.3, 0.4) is 0 Å². The molecule has 1 N–H and O–H groups in total. The maximum atomic E-state index is 11.0. The monoisotopic (exact) mass is 257 g/mol. The number of aliphatic carboxylic acids is 1. The molecule has 0 bridgehead atoms. The van der Waals surface area contributed by atoms with Gasteiger partial charge in [-0.25, -0.2) is 0 Å². The van der Waals surface area contributed by atoms with Crippen molar-refractivity contribution in [2.45, 2.75) is 6.04 Å². The number of nitrogens with zero attached hydrogens (tertiary/aromatic N) is 1. The topological polar surface area (TPSA) is 40.5 Å². The molecule has 0 aliphatic rings. The van der Waals surface area contributed by atoms with Crippen molar-refractivity contribution in [1.29, 1.82) is 0 Å². The van der Waals surface area contributed by atoms with Crippen LogP contribution in [0.25, 0.3) is 0 Å². The number of carbonyl (C=O) groups is 1. The number of rotatable bonds is 3. The first kappa shape index (κ1) is 11.2. The van der Waals surface area contributed by atoms with Crippen molar-refractivity contribution in [1.82, 2.24) is 4.90 Å². The van der Waals surface area contributed by atoms with E-state index in [0.717, 1.165) is 10.0 Å². The molecule has 0 spiro atoms. The fraction of sp³-hybridized carbons (Fsp3) is 0.300. The van der Waals surface area contributed by atoms with Crippen molar-refractivity contribution >= 4 is 21.9 Å². The zero-order chi connectivity index (χ0) is 10.7. The molecule has 14 heavy (non-hydrogen) atoms. The minimum atomic E-state index is -0.845. The van der Waals surface area contributed by atoms with Gasteiger partial charge in [-0.3, -0.25) is 9.69 Å². The molecule has 1 rings (SSSR count). The lowest BCUT2D eigenvalue weighted by Crippen LogP contribution is -2.27. The molecule has 1 unspecified atom stereocenters. The van der Waals surface area contributed by atoms with Gasteiger partial charge in [0.2, 0.25) is 0 Å². The number of hydrogen-bond acceptors (Lipinski definition) is 2. The van der Waals surface area contributed by atoms with Crippen molar-refractivity contribution in [3.8, 4) is 0 Å². The first-order valence-electron chi connectivity index (χ1n) is 4.17. The van der Waals surface area contributed by atoms with Crippen LogP contribution in [0.5, 0.6) is 0 Å². The largest absolute Gasteiger partial charge is 0.480 e. The predicted molar refractivity (Wildman–Crippen MR) is 58.2 cm³/mol. The molecule has 0 amide bonds. The van der Waals surface area contributed by atoms with Crippen molar-refractivity contribution in [3.05, 3.63) is 34.3 Å². The maximum Gasteiger partial charge on any atom is 0.325 e. The number of hydrogen-bond donors (Lipinski definition) is 1. The van der Waals surface area contributed by atoms with Gasteiger partial charge in [0.15, 0.2) is 0 Å². The Hall–Kier alpha value is -0.870. The van der Waals surface area contributed by atoms with E-state index in [4.69, 9.17) is 5.11 Å². The molecule has 0 aliphatic heterocycles. The van der Waals surface area contributed by atoms with E-state index in [0.29, 0.717) is 0 Å². The first-order chi connectivity index (χ1) is 6.54. The van der Waals surface area contributed by atoms with Crippen LogP contribution in [0, 0.1) is 0 Å². The van der Waals surface area contributed by atoms with E-state index in [1.807, 2.05) is 24.3 Å². The molecule has 0 radical (unpaired) electrons. The van der Waals surface area contributed by atoms with Crippen molar-refractivity contribution in [3.63, 3.8) is 0 Å². The lowest BCUT2D eigenvalue weighted by molar-refractivity contribution is -0.142. The molecule has 1 aromatic rings. The summed E-state index contributed by atoms with van der Waals surface area (Å²) < 4.78 is 0.820. The Morgan fingerprint density at radius 2 is 2.00 bits per heavy atom. The summed E-state index contributed by atoms with van der Waals surface area (Å²) in [6.07, 6.45) is 0. The SMILES string of the molecule is CN(C)C(C(=O)O)c1ccccc1Br. The van der Waals surface area contributed by atoms with Gasteiger partial charge in [-0.05, 0) is 25.7 Å². The Kier molecular flexibility index (Phi) is 3.66. The lowest BCUT2D eigenvalue weighted by atomic mass is 10.1. The van der Waals surface area contributed by atoms with E-state index in [9.17, 15) is 4.79 Å². The third-order valence-corrected chi connectivity index (χ3v) is 2.67. The fourth-order valence-corrected chi connectivity index (χ4v) is 1.83. The van der Waals surface area contributed by atoms with Crippen LogP contribution in [0.15, 0.2) is 28.7 Å². The number of likely N-dealkylation sites (N-methyl/N-ethyl adjacent to an activating group) is 1. The van der Waals surface area contributed by atoms with E-state index in [2.05, 4.69) is 15.9 Å². The molecule has 1 atom stereocenters. The molecule has 0 aliphatic carbocycles. The molecule has 0 saturated heterocycles. The zero-order valence-electron chi connectivity index (χ0n) is 8.07. The predicted octanol–water partition coefficient (Wildman–Crippen LogP) is 2.14. The maximum absolute atomic E-state index is 11.0. The van der Waals surface area contributed by atoms with Gasteiger partial charge in [0.05, 0.1) is 0 Å². The molecular weight excluding hydrogens is 246 g/mol. The van der Waals surface area contributed by atoms with E-state index in [1.54, 1.807) is 19.0 Å². The third-order valence-electron chi connectivity index (χ3n) is 1.95. The van der Waals surface area contributed by atoms with Crippen LogP contribution in [0.4, 0.5) is 0 Å². The number of benzene rings is 1. The van der Waals surface area contributed by atoms with Gasteiger partial charge in [0.25, 0.3) is 0 Å². The quantitative estimate of drug-likeness (QED) is 0.902. The average Bonchev–Trinajstić information content (AvgIpc) is 2.07. The third kappa shape index (κ3) is 2.33. The number of halogens is 1. The second-order valence-electron chi connectivity index (χ2n) is 3.23. The molecular formula is C10H12BrNO2. The van der Waals surface area contributed by atoms with E-state index in [-0.39, 0.29) is 0 Å². The minimum absolute atomic E-state index is 0.606. The highest BCUT2D eigenvalue weighted by molar-refractivity contribution is 9.10. The Balaban J connectivity index is 3.12. The van der Waals surface area contributed by atoms with Crippen LogP contribution >= 0.6 is 15.9 Å². The summed E-state index contributed by atoms with van der Waals surface area (Å²) in [5, 5.41) is 9.06. The molecule has 0 heterocycles. The van der Waals surface area contributed by atoms with Crippen LogP contribution in [0.1, 0.15) is 11.6 Å². The smallest absolute Gasteiger partial charge is 0.325 e. The molecule has 0 aromatic heterocycles. The fourth-order valence-electron chi connectivity index (χ4n) is 1.33. The summed E-state index contributed by atoms with van der Waals surface area (Å²) in [5.74, 6) is -0.845. The van der Waals surface area contributed by atoms with Gasteiger partial charge >= 0.3 is 5.97 Å². The van der Waals surface area contributed by atoms with E-state index in [1.165, 1.54) is 0 Å². The zero-order valence-corrected chi connectivity index (χ0v) is 9.65. The average molecular weight is 258 g/mol. The molecule has 76 valence electrons. The second-order valence-corrected chi connectivity index (χ2v) is 4.08. The Morgan fingerprint density at radius 1 is 1.43 bits per heavy atom. The Labute approximate surface area is 91.5 Å². The van der Waals surface area contributed by atoms with Gasteiger partial charge in [-0.1, -0.05) is 34.1 Å². The van der Waals surface area contributed by atoms with Gasteiger partial charge in [-0.2, -0.15) is 0 Å². The highest BCUT2D eigenvalue weighted by Crippen LogP contribution is 2.26. The number of carboxylic acids is 1. The molecule has 0 fully saturated rings. The van der Waals surface area contributed by atoms with E-state index < -0.39 is 12.0 Å². The summed E-state index contributed by atoms with van der Waals surface area (Å²) >= 11 is 3.34. The van der Waals surface area contributed by atoms with Gasteiger partial charge in [0, 0.05) is 4.47 Å². The van der Waals surface area contributed by atoms with Gasteiger partial charge in [-0.15, -0.1) is 0 Å². The summed E-state index contributed by atoms with van der Waals surface area (Å²) in [7, 11) is 3.50. The Morgan fingerprint density at radius 3 is 2.43 bits per heavy atom. The van der Waals surface area contributed by atoms with Gasteiger partial charge < -0.3 is 5.11 Å². The first-order valence-corrected chi connectivity index (χ1v) is 4.97. The van der Waals surface area contributed by atoms with Crippen LogP contribution in [-0.2, 0) is 4.79 Å². The summed E-state index contributed by atoms with van der Waals surface area (Å²) in [4.78, 5) is 12.7. The molecule has 1 aromatic carbocycles. The summed E-state index contributed by atoms with van der Waals surface area (Å²) in [6, 6.07) is 6.74. The van der Waals surface area contributed by atoms with Crippen molar-refractivity contribution in [2.24, 2.45) is 0 Å². The van der Waals surface area contributed by atoms with Crippen molar-refractivity contribution in [2.75, 3.05) is 14.1 Å². The Bertz CT molecular complexity index is 339. The molecule has 0 saturated carbocycles.